The van der Waals surface area contributed by atoms with E-state index in [0.717, 1.165) is 43.3 Å². The highest BCUT2D eigenvalue weighted by atomic mass is 35.5. The predicted molar refractivity (Wildman–Crippen MR) is 113 cm³/mol. The lowest BCUT2D eigenvalue weighted by Crippen LogP contribution is -3.16. The van der Waals surface area contributed by atoms with Crippen LogP contribution in [0.25, 0.3) is 0 Å². The second-order valence-electron chi connectivity index (χ2n) is 8.01. The van der Waals surface area contributed by atoms with Crippen LogP contribution in [-0.2, 0) is 14.6 Å². The number of nitrogens with one attached hydrogen (secondary N) is 1. The van der Waals surface area contributed by atoms with Gasteiger partial charge in [0.05, 0.1) is 37.7 Å². The molecule has 1 aromatic carbocycles. The van der Waals surface area contributed by atoms with Gasteiger partial charge in [-0.05, 0) is 38.0 Å². The molecule has 0 radical (unpaired) electrons. The molecule has 2 aliphatic rings. The molecule has 0 aromatic heterocycles. The van der Waals surface area contributed by atoms with Gasteiger partial charge in [-0.3, -0.25) is 4.79 Å². The SMILES string of the molecule is CC[C@H](C)N(C(=O)C[NH+]1CCN(c2cccc(Cl)c2)CC1)[C@H]1CCS(=O)(=O)C1. The van der Waals surface area contributed by atoms with Crippen LogP contribution in [0.3, 0.4) is 0 Å². The van der Waals surface area contributed by atoms with Crippen molar-refractivity contribution in [2.45, 2.75) is 38.8 Å². The Bertz CT molecular complexity index is 794. The lowest BCUT2D eigenvalue weighted by Gasteiger charge is -2.37. The minimum absolute atomic E-state index is 0.0675. The van der Waals surface area contributed by atoms with Gasteiger partial charge in [-0.1, -0.05) is 24.6 Å². The number of halogens is 1. The number of amides is 1. The smallest absolute Gasteiger partial charge is 0.278 e. The van der Waals surface area contributed by atoms with Gasteiger partial charge in [-0.2, -0.15) is 0 Å². The molecule has 2 aliphatic heterocycles. The van der Waals surface area contributed by atoms with E-state index in [0.29, 0.717) is 13.0 Å². The molecule has 0 unspecified atom stereocenters. The lowest BCUT2D eigenvalue weighted by atomic mass is 10.1. The molecule has 8 heteroatoms. The van der Waals surface area contributed by atoms with Gasteiger partial charge in [-0.15, -0.1) is 0 Å². The monoisotopic (exact) mass is 428 g/mol. The minimum Gasteiger partial charge on any atom is -0.360 e. The molecule has 0 saturated carbocycles. The molecule has 0 aliphatic carbocycles. The number of rotatable bonds is 6. The summed E-state index contributed by atoms with van der Waals surface area (Å²) in [7, 11) is -3.01. The van der Waals surface area contributed by atoms with E-state index in [1.807, 2.05) is 36.9 Å². The number of hydrogen-bond acceptors (Lipinski definition) is 4. The lowest BCUT2D eigenvalue weighted by molar-refractivity contribution is -0.892. The third-order valence-electron chi connectivity index (χ3n) is 6.00. The van der Waals surface area contributed by atoms with Crippen LogP contribution in [0.5, 0.6) is 0 Å². The quantitative estimate of drug-likeness (QED) is 0.730. The molecule has 1 N–H and O–H groups in total. The van der Waals surface area contributed by atoms with Crippen molar-refractivity contribution in [2.75, 3.05) is 49.1 Å². The molecular formula is C20H31ClN3O3S+. The number of anilines is 1. The maximum absolute atomic E-state index is 13.1. The van der Waals surface area contributed by atoms with Crippen molar-refractivity contribution < 1.29 is 18.1 Å². The van der Waals surface area contributed by atoms with Gasteiger partial charge in [0, 0.05) is 22.8 Å². The zero-order chi connectivity index (χ0) is 20.3. The van der Waals surface area contributed by atoms with E-state index >= 15 is 0 Å². The molecule has 0 spiro atoms. The first kappa shape index (κ1) is 21.4. The van der Waals surface area contributed by atoms with Crippen LogP contribution in [0.4, 0.5) is 5.69 Å². The number of piperazine rings is 1. The molecule has 2 atom stereocenters. The highest BCUT2D eigenvalue weighted by Gasteiger charge is 2.37. The van der Waals surface area contributed by atoms with Gasteiger partial charge in [0.25, 0.3) is 5.91 Å². The average molecular weight is 429 g/mol. The topological polar surface area (TPSA) is 62.1 Å². The summed E-state index contributed by atoms with van der Waals surface area (Å²) in [6.07, 6.45) is 1.40. The summed E-state index contributed by atoms with van der Waals surface area (Å²) in [5.41, 5.74) is 1.12. The Hall–Kier alpha value is -1.31. The van der Waals surface area contributed by atoms with E-state index in [1.54, 1.807) is 0 Å². The average Bonchev–Trinajstić information content (AvgIpc) is 3.01. The Morgan fingerprint density at radius 2 is 2.07 bits per heavy atom. The summed E-state index contributed by atoms with van der Waals surface area (Å²) in [6.45, 7) is 8.03. The Morgan fingerprint density at radius 3 is 2.64 bits per heavy atom. The Kier molecular flexibility index (Phi) is 6.89. The maximum Gasteiger partial charge on any atom is 0.278 e. The summed E-state index contributed by atoms with van der Waals surface area (Å²) < 4.78 is 23.8. The number of carbonyl (C=O) groups is 1. The Balaban J connectivity index is 1.58. The molecule has 2 saturated heterocycles. The number of benzene rings is 1. The normalized spacial score (nSPS) is 23.5. The van der Waals surface area contributed by atoms with Crippen LogP contribution >= 0.6 is 11.6 Å². The maximum atomic E-state index is 13.1. The fraction of sp³-hybridized carbons (Fsp3) is 0.650. The largest absolute Gasteiger partial charge is 0.360 e. The van der Waals surface area contributed by atoms with Crippen molar-refractivity contribution in [3.8, 4) is 0 Å². The molecule has 1 aromatic rings. The second kappa shape index (κ2) is 9.01. The van der Waals surface area contributed by atoms with E-state index in [4.69, 9.17) is 11.6 Å². The molecule has 2 fully saturated rings. The number of quaternary nitrogens is 1. The molecule has 1 amide bonds. The van der Waals surface area contributed by atoms with Crippen molar-refractivity contribution in [3.63, 3.8) is 0 Å². The van der Waals surface area contributed by atoms with Crippen molar-refractivity contribution in [1.82, 2.24) is 4.90 Å². The van der Waals surface area contributed by atoms with Gasteiger partial charge in [0.1, 0.15) is 0 Å². The van der Waals surface area contributed by atoms with Gasteiger partial charge >= 0.3 is 0 Å². The van der Waals surface area contributed by atoms with Crippen molar-refractivity contribution in [3.05, 3.63) is 29.3 Å². The van der Waals surface area contributed by atoms with E-state index in [9.17, 15) is 13.2 Å². The van der Waals surface area contributed by atoms with Crippen LogP contribution in [0.15, 0.2) is 24.3 Å². The number of sulfone groups is 1. The van der Waals surface area contributed by atoms with E-state index in [-0.39, 0.29) is 29.5 Å². The number of hydrogen-bond donors (Lipinski definition) is 1. The van der Waals surface area contributed by atoms with Gasteiger partial charge in [0.2, 0.25) is 0 Å². The first-order chi connectivity index (χ1) is 13.3. The molecule has 28 heavy (non-hydrogen) atoms. The fourth-order valence-electron chi connectivity index (χ4n) is 4.24. The summed E-state index contributed by atoms with van der Waals surface area (Å²) >= 11 is 6.10. The Labute approximate surface area is 173 Å². The summed E-state index contributed by atoms with van der Waals surface area (Å²) in [5.74, 6) is 0.395. The predicted octanol–water partition coefficient (Wildman–Crippen LogP) is 0.859. The van der Waals surface area contributed by atoms with Crippen molar-refractivity contribution in [2.24, 2.45) is 0 Å². The third-order valence-corrected chi connectivity index (χ3v) is 7.99. The van der Waals surface area contributed by atoms with Crippen LogP contribution < -0.4 is 9.80 Å². The van der Waals surface area contributed by atoms with Crippen LogP contribution in [0.1, 0.15) is 26.7 Å². The summed E-state index contributed by atoms with van der Waals surface area (Å²) in [6, 6.07) is 7.77. The molecule has 0 bridgehead atoms. The van der Waals surface area contributed by atoms with E-state index < -0.39 is 9.84 Å². The van der Waals surface area contributed by atoms with Crippen molar-refractivity contribution >= 4 is 33.0 Å². The third kappa shape index (κ3) is 5.19. The zero-order valence-corrected chi connectivity index (χ0v) is 18.3. The van der Waals surface area contributed by atoms with Crippen LogP contribution in [-0.4, -0.2) is 75.5 Å². The van der Waals surface area contributed by atoms with Crippen molar-refractivity contribution in [1.29, 1.82) is 0 Å². The van der Waals surface area contributed by atoms with Crippen LogP contribution in [0.2, 0.25) is 5.02 Å². The first-order valence-corrected chi connectivity index (χ1v) is 12.3. The Morgan fingerprint density at radius 1 is 1.36 bits per heavy atom. The van der Waals surface area contributed by atoms with Gasteiger partial charge < -0.3 is 14.7 Å². The molecular weight excluding hydrogens is 398 g/mol. The summed E-state index contributed by atoms with van der Waals surface area (Å²) in [4.78, 5) is 18.5. The first-order valence-electron chi connectivity index (χ1n) is 10.1. The molecule has 6 nitrogen and oxygen atoms in total. The van der Waals surface area contributed by atoms with E-state index in [1.165, 1.54) is 4.90 Å². The number of carbonyl (C=O) groups excluding carboxylic acids is 1. The minimum atomic E-state index is -3.01. The number of nitrogens with zero attached hydrogens (tertiary/aromatic N) is 2. The molecule has 156 valence electrons. The molecule has 2 heterocycles. The standard InChI is InChI=1S/C20H30ClN3O3S/c1-3-16(2)24(19-7-12-28(26,27)15-19)20(25)14-22-8-10-23(11-9-22)18-6-4-5-17(21)13-18/h4-6,13,16,19H,3,7-12,14-15H2,1-2H3/p+1/t16-,19-/m0/s1. The van der Waals surface area contributed by atoms with Crippen LogP contribution in [0, 0.1) is 0 Å². The van der Waals surface area contributed by atoms with E-state index in [2.05, 4.69) is 11.0 Å². The highest BCUT2D eigenvalue weighted by Crippen LogP contribution is 2.21. The second-order valence-corrected chi connectivity index (χ2v) is 10.7. The molecule has 3 rings (SSSR count). The van der Waals surface area contributed by atoms with Gasteiger partial charge in [-0.25, -0.2) is 8.42 Å². The zero-order valence-electron chi connectivity index (χ0n) is 16.7. The highest BCUT2D eigenvalue weighted by molar-refractivity contribution is 7.91. The fourth-order valence-corrected chi connectivity index (χ4v) is 6.13. The van der Waals surface area contributed by atoms with Gasteiger partial charge in [0.15, 0.2) is 16.4 Å². The summed E-state index contributed by atoms with van der Waals surface area (Å²) in [5, 5.41) is 0.734.